The molecule has 2 aromatic carbocycles. The molecule has 1 heterocycles. The van der Waals surface area contributed by atoms with Gasteiger partial charge in [-0.3, -0.25) is 4.79 Å². The minimum absolute atomic E-state index is 0.0463. The van der Waals surface area contributed by atoms with Gasteiger partial charge in [-0.2, -0.15) is 0 Å². The lowest BCUT2D eigenvalue weighted by molar-refractivity contribution is 0.0679. The van der Waals surface area contributed by atoms with Gasteiger partial charge in [0.05, 0.1) is 13.7 Å². The summed E-state index contributed by atoms with van der Waals surface area (Å²) in [5, 5.41) is 0. The van der Waals surface area contributed by atoms with Crippen LogP contribution in [0.5, 0.6) is 11.5 Å². The van der Waals surface area contributed by atoms with E-state index >= 15 is 0 Å². The first-order chi connectivity index (χ1) is 12.7. The van der Waals surface area contributed by atoms with E-state index < -0.39 is 0 Å². The van der Waals surface area contributed by atoms with Crippen molar-refractivity contribution >= 4 is 5.91 Å². The van der Waals surface area contributed by atoms with Gasteiger partial charge in [-0.25, -0.2) is 4.39 Å². The highest BCUT2D eigenvalue weighted by Crippen LogP contribution is 2.24. The Balaban J connectivity index is 1.45. The lowest BCUT2D eigenvalue weighted by atomic mass is 9.93. The van der Waals surface area contributed by atoms with Crippen LogP contribution in [0.1, 0.15) is 29.6 Å². The van der Waals surface area contributed by atoms with Crippen LogP contribution in [0.25, 0.3) is 0 Å². The van der Waals surface area contributed by atoms with E-state index in [-0.39, 0.29) is 11.7 Å². The fourth-order valence-electron chi connectivity index (χ4n) is 3.26. The number of likely N-dealkylation sites (tertiary alicyclic amines) is 1. The van der Waals surface area contributed by atoms with Crippen molar-refractivity contribution in [2.24, 2.45) is 5.92 Å². The molecule has 1 aliphatic heterocycles. The molecule has 0 spiro atoms. The third-order valence-corrected chi connectivity index (χ3v) is 4.84. The number of rotatable bonds is 6. The summed E-state index contributed by atoms with van der Waals surface area (Å²) in [5.74, 6) is 1.21. The van der Waals surface area contributed by atoms with Gasteiger partial charge >= 0.3 is 0 Å². The van der Waals surface area contributed by atoms with Crippen molar-refractivity contribution in [2.45, 2.75) is 19.3 Å². The second kappa shape index (κ2) is 8.70. The minimum atomic E-state index is -0.328. The zero-order valence-electron chi connectivity index (χ0n) is 15.0. The van der Waals surface area contributed by atoms with Crippen LogP contribution in [-0.4, -0.2) is 37.6 Å². The zero-order valence-corrected chi connectivity index (χ0v) is 15.0. The molecule has 0 aliphatic carbocycles. The molecule has 0 N–H and O–H groups in total. The number of methoxy groups -OCH3 is 1. The Bertz CT molecular complexity index is 742. The SMILES string of the molecule is COc1cccc(C(=O)N2CCC(CCOc3ccccc3F)CC2)c1. The molecular formula is C21H24FNO3. The summed E-state index contributed by atoms with van der Waals surface area (Å²) >= 11 is 0. The Morgan fingerprint density at radius 1 is 1.15 bits per heavy atom. The Hall–Kier alpha value is -2.56. The van der Waals surface area contributed by atoms with Crippen LogP contribution in [-0.2, 0) is 0 Å². The fraction of sp³-hybridized carbons (Fsp3) is 0.381. The molecule has 1 amide bonds. The highest BCUT2D eigenvalue weighted by atomic mass is 19.1. The van der Waals surface area contributed by atoms with E-state index in [1.807, 2.05) is 23.1 Å². The first kappa shape index (κ1) is 18.2. The Morgan fingerprint density at radius 2 is 1.92 bits per heavy atom. The predicted octanol–water partition coefficient (Wildman–Crippen LogP) is 4.16. The average molecular weight is 357 g/mol. The number of halogens is 1. The highest BCUT2D eigenvalue weighted by Gasteiger charge is 2.23. The minimum Gasteiger partial charge on any atom is -0.497 e. The summed E-state index contributed by atoms with van der Waals surface area (Å²) in [6, 6.07) is 13.7. The van der Waals surface area contributed by atoms with E-state index in [0.717, 1.165) is 32.4 Å². The molecule has 1 aliphatic rings. The number of nitrogens with zero attached hydrogens (tertiary/aromatic N) is 1. The Morgan fingerprint density at radius 3 is 2.65 bits per heavy atom. The van der Waals surface area contributed by atoms with Crippen LogP contribution in [0.3, 0.4) is 0 Å². The second-order valence-corrected chi connectivity index (χ2v) is 6.54. The predicted molar refractivity (Wildman–Crippen MR) is 98.1 cm³/mol. The summed E-state index contributed by atoms with van der Waals surface area (Å²) in [4.78, 5) is 14.5. The molecule has 0 radical (unpaired) electrons. The van der Waals surface area contributed by atoms with Crippen molar-refractivity contribution in [2.75, 3.05) is 26.8 Å². The van der Waals surface area contributed by atoms with E-state index in [2.05, 4.69) is 0 Å². The quantitative estimate of drug-likeness (QED) is 0.779. The lowest BCUT2D eigenvalue weighted by Gasteiger charge is -2.32. The van der Waals surface area contributed by atoms with Crippen molar-refractivity contribution in [1.29, 1.82) is 0 Å². The van der Waals surface area contributed by atoms with E-state index in [0.29, 0.717) is 29.6 Å². The summed E-state index contributed by atoms with van der Waals surface area (Å²) in [6.45, 7) is 1.97. The van der Waals surface area contributed by atoms with Crippen molar-refractivity contribution in [3.8, 4) is 11.5 Å². The number of hydrogen-bond acceptors (Lipinski definition) is 3. The van der Waals surface area contributed by atoms with Gasteiger partial charge in [0.1, 0.15) is 5.75 Å². The number of hydrogen-bond donors (Lipinski definition) is 0. The Labute approximate surface area is 153 Å². The van der Waals surface area contributed by atoms with Crippen molar-refractivity contribution in [1.82, 2.24) is 4.90 Å². The number of amides is 1. The molecule has 2 aromatic rings. The van der Waals surface area contributed by atoms with Gasteiger partial charge < -0.3 is 14.4 Å². The molecule has 5 heteroatoms. The third-order valence-electron chi connectivity index (χ3n) is 4.84. The van der Waals surface area contributed by atoms with Gasteiger partial charge in [0.25, 0.3) is 5.91 Å². The zero-order chi connectivity index (χ0) is 18.4. The lowest BCUT2D eigenvalue weighted by Crippen LogP contribution is -2.38. The summed E-state index contributed by atoms with van der Waals surface area (Å²) < 4.78 is 24.3. The van der Waals surface area contributed by atoms with Gasteiger partial charge in [-0.15, -0.1) is 0 Å². The van der Waals surface area contributed by atoms with E-state index in [1.165, 1.54) is 6.07 Å². The molecule has 138 valence electrons. The van der Waals surface area contributed by atoms with Crippen LogP contribution in [0.2, 0.25) is 0 Å². The smallest absolute Gasteiger partial charge is 0.253 e. The standard InChI is InChI=1S/C21H24FNO3/c1-25-18-6-4-5-17(15-18)21(24)23-12-9-16(10-13-23)11-14-26-20-8-3-2-7-19(20)22/h2-8,15-16H,9-14H2,1H3. The average Bonchev–Trinajstić information content (AvgIpc) is 2.69. The number of ether oxygens (including phenoxy) is 2. The summed E-state index contributed by atoms with van der Waals surface area (Å²) in [7, 11) is 1.60. The molecule has 0 atom stereocenters. The van der Waals surface area contributed by atoms with Crippen LogP contribution in [0.4, 0.5) is 4.39 Å². The number of benzene rings is 2. The first-order valence-corrected chi connectivity index (χ1v) is 8.98. The van der Waals surface area contributed by atoms with E-state index in [9.17, 15) is 9.18 Å². The molecular weight excluding hydrogens is 333 g/mol. The largest absolute Gasteiger partial charge is 0.497 e. The topological polar surface area (TPSA) is 38.8 Å². The monoisotopic (exact) mass is 357 g/mol. The molecule has 4 nitrogen and oxygen atoms in total. The molecule has 1 fully saturated rings. The normalized spacial score (nSPS) is 14.9. The van der Waals surface area contributed by atoms with Crippen LogP contribution in [0, 0.1) is 11.7 Å². The summed E-state index contributed by atoms with van der Waals surface area (Å²) in [6.07, 6.45) is 2.75. The maximum atomic E-state index is 13.5. The van der Waals surface area contributed by atoms with Gasteiger partial charge in [0.15, 0.2) is 11.6 Å². The number of piperidine rings is 1. The molecule has 0 saturated carbocycles. The number of carbonyl (C=O) groups excluding carboxylic acids is 1. The Kier molecular flexibility index (Phi) is 6.10. The molecule has 3 rings (SSSR count). The van der Waals surface area contributed by atoms with Gasteiger partial charge in [-0.1, -0.05) is 18.2 Å². The molecule has 0 bridgehead atoms. The van der Waals surface area contributed by atoms with Crippen molar-refractivity contribution < 1.29 is 18.7 Å². The van der Waals surface area contributed by atoms with E-state index in [4.69, 9.17) is 9.47 Å². The third kappa shape index (κ3) is 4.54. The van der Waals surface area contributed by atoms with Crippen LogP contribution < -0.4 is 9.47 Å². The highest BCUT2D eigenvalue weighted by molar-refractivity contribution is 5.94. The van der Waals surface area contributed by atoms with Gasteiger partial charge in [-0.05, 0) is 55.5 Å². The van der Waals surface area contributed by atoms with Crippen LogP contribution >= 0.6 is 0 Å². The van der Waals surface area contributed by atoms with Gasteiger partial charge in [0, 0.05) is 18.7 Å². The van der Waals surface area contributed by atoms with Crippen molar-refractivity contribution in [3.05, 3.63) is 59.9 Å². The van der Waals surface area contributed by atoms with Gasteiger partial charge in [0.2, 0.25) is 0 Å². The second-order valence-electron chi connectivity index (χ2n) is 6.54. The number of para-hydroxylation sites is 1. The van der Waals surface area contributed by atoms with E-state index in [1.54, 1.807) is 31.4 Å². The molecule has 1 saturated heterocycles. The van der Waals surface area contributed by atoms with Crippen LogP contribution in [0.15, 0.2) is 48.5 Å². The summed E-state index contributed by atoms with van der Waals surface area (Å²) in [5.41, 5.74) is 0.658. The first-order valence-electron chi connectivity index (χ1n) is 8.98. The molecule has 0 unspecified atom stereocenters. The maximum Gasteiger partial charge on any atom is 0.253 e. The molecule has 26 heavy (non-hydrogen) atoms. The maximum absolute atomic E-state index is 13.5. The number of carbonyl (C=O) groups is 1. The van der Waals surface area contributed by atoms with Crippen molar-refractivity contribution in [3.63, 3.8) is 0 Å². The molecule has 0 aromatic heterocycles. The fourth-order valence-corrected chi connectivity index (χ4v) is 3.26.